The van der Waals surface area contributed by atoms with E-state index in [0.717, 1.165) is 0 Å². The van der Waals surface area contributed by atoms with Crippen molar-refractivity contribution in [1.29, 1.82) is 0 Å². The Morgan fingerprint density at radius 3 is 2.24 bits per heavy atom. The van der Waals surface area contributed by atoms with Gasteiger partial charge in [0.2, 0.25) is 5.91 Å². The lowest BCUT2D eigenvalue weighted by Gasteiger charge is -2.17. The van der Waals surface area contributed by atoms with Gasteiger partial charge in [0.15, 0.2) is 9.84 Å². The molecule has 0 saturated carbocycles. The molecule has 0 radical (unpaired) electrons. The van der Waals surface area contributed by atoms with Crippen molar-refractivity contribution < 1.29 is 31.1 Å². The van der Waals surface area contributed by atoms with Gasteiger partial charge in [0, 0.05) is 16.1 Å². The van der Waals surface area contributed by atoms with Crippen LogP contribution in [0.1, 0.15) is 24.0 Å². The summed E-state index contributed by atoms with van der Waals surface area (Å²) < 4.78 is 66.4. The first-order chi connectivity index (χ1) is 15.9. The van der Waals surface area contributed by atoms with Crippen LogP contribution >= 0.6 is 11.6 Å². The van der Waals surface area contributed by atoms with Crippen LogP contribution < -0.4 is 10.5 Å². The molecule has 3 rings (SSSR count). The molecular weight excluding hydrogens is 491 g/mol. The summed E-state index contributed by atoms with van der Waals surface area (Å²) >= 11 is 6.38. The van der Waals surface area contributed by atoms with Crippen LogP contribution in [-0.2, 0) is 21.1 Å². The molecule has 3 aromatic carbocycles. The van der Waals surface area contributed by atoms with Crippen LogP contribution in [0.25, 0.3) is 11.1 Å². The Hall–Kier alpha value is -3.04. The first-order valence-electron chi connectivity index (χ1n) is 10.2. The molecule has 0 heterocycles. The van der Waals surface area contributed by atoms with Crippen LogP contribution in [0.4, 0.5) is 13.2 Å². The van der Waals surface area contributed by atoms with Crippen LogP contribution in [-0.4, -0.2) is 26.4 Å². The molecule has 5 nitrogen and oxygen atoms in total. The number of hydrogen-bond donors (Lipinski definition) is 1. The molecule has 0 spiro atoms. The van der Waals surface area contributed by atoms with Gasteiger partial charge in [-0.05, 0) is 41.8 Å². The minimum atomic E-state index is -4.86. The first kappa shape index (κ1) is 25.6. The lowest BCUT2D eigenvalue weighted by Crippen LogP contribution is -2.23. The molecule has 0 bridgehead atoms. The number of rotatable bonds is 8. The second-order valence-electron chi connectivity index (χ2n) is 7.49. The third-order valence-electron chi connectivity index (χ3n) is 5.24. The summed E-state index contributed by atoms with van der Waals surface area (Å²) in [5, 5.41) is 0.170. The van der Waals surface area contributed by atoms with Crippen LogP contribution in [0.2, 0.25) is 5.02 Å². The Morgan fingerprint density at radius 2 is 1.68 bits per heavy atom. The minimum Gasteiger partial charge on any atom is -0.405 e. The number of para-hydroxylation sites is 1. The van der Waals surface area contributed by atoms with E-state index in [0.29, 0.717) is 16.7 Å². The number of benzene rings is 3. The van der Waals surface area contributed by atoms with Crippen molar-refractivity contribution in [3.63, 3.8) is 0 Å². The number of ether oxygens (including phenoxy) is 1. The summed E-state index contributed by atoms with van der Waals surface area (Å²) in [6.45, 7) is 1.54. The largest absolute Gasteiger partial charge is 0.573 e. The zero-order chi connectivity index (χ0) is 25.1. The minimum absolute atomic E-state index is 0.0480. The van der Waals surface area contributed by atoms with Gasteiger partial charge in [-0.15, -0.1) is 13.2 Å². The van der Waals surface area contributed by atoms with E-state index in [-0.39, 0.29) is 33.4 Å². The van der Waals surface area contributed by atoms with Crippen molar-refractivity contribution in [3.8, 4) is 16.9 Å². The van der Waals surface area contributed by atoms with Gasteiger partial charge in [-0.25, -0.2) is 8.42 Å². The number of carbonyl (C=O) groups is 1. The van der Waals surface area contributed by atoms with E-state index < -0.39 is 28.0 Å². The quantitative estimate of drug-likeness (QED) is 0.432. The number of sulfone groups is 1. The first-order valence-corrected chi connectivity index (χ1v) is 12.2. The highest BCUT2D eigenvalue weighted by molar-refractivity contribution is 7.91. The maximum Gasteiger partial charge on any atom is 0.573 e. The van der Waals surface area contributed by atoms with E-state index in [2.05, 4.69) is 4.74 Å². The molecule has 0 aliphatic heterocycles. The third kappa shape index (κ3) is 6.09. The molecular formula is C24H21ClF3NO4S. The number of nitrogens with two attached hydrogens (primary N) is 1. The fourth-order valence-electron chi connectivity index (χ4n) is 3.50. The Labute approximate surface area is 200 Å². The fourth-order valence-corrected chi connectivity index (χ4v) is 4.69. The van der Waals surface area contributed by atoms with Gasteiger partial charge in [0.1, 0.15) is 5.75 Å². The fraction of sp³-hybridized carbons (Fsp3) is 0.208. The summed E-state index contributed by atoms with van der Waals surface area (Å²) in [5.41, 5.74) is 7.24. The van der Waals surface area contributed by atoms with E-state index in [1.54, 1.807) is 36.4 Å². The van der Waals surface area contributed by atoms with Crippen molar-refractivity contribution in [1.82, 2.24) is 0 Å². The number of primary amides is 1. The van der Waals surface area contributed by atoms with Crippen LogP contribution in [0.15, 0.2) is 71.6 Å². The molecule has 0 aliphatic carbocycles. The van der Waals surface area contributed by atoms with E-state index in [9.17, 15) is 26.4 Å². The molecule has 0 saturated heterocycles. The normalized spacial score (nSPS) is 12.9. The topological polar surface area (TPSA) is 86.5 Å². The van der Waals surface area contributed by atoms with Crippen molar-refractivity contribution in [2.24, 2.45) is 5.73 Å². The summed E-state index contributed by atoms with van der Waals surface area (Å²) in [7, 11) is -3.39. The monoisotopic (exact) mass is 511 g/mol. The zero-order valence-electron chi connectivity index (χ0n) is 18.0. The van der Waals surface area contributed by atoms with E-state index in [1.165, 1.54) is 37.3 Å². The van der Waals surface area contributed by atoms with Gasteiger partial charge in [-0.3, -0.25) is 4.79 Å². The van der Waals surface area contributed by atoms with Crippen molar-refractivity contribution in [2.75, 3.05) is 5.75 Å². The molecule has 0 fully saturated rings. The number of alkyl halides is 3. The smallest absolute Gasteiger partial charge is 0.405 e. The maximum atomic E-state index is 12.8. The van der Waals surface area contributed by atoms with Crippen molar-refractivity contribution in [2.45, 2.75) is 30.5 Å². The molecule has 1 amide bonds. The molecule has 180 valence electrons. The zero-order valence-corrected chi connectivity index (χ0v) is 19.5. The maximum absolute atomic E-state index is 12.8. The van der Waals surface area contributed by atoms with E-state index in [1.807, 2.05) is 0 Å². The molecule has 0 aromatic heterocycles. The highest BCUT2D eigenvalue weighted by atomic mass is 35.5. The lowest BCUT2D eigenvalue weighted by atomic mass is 9.90. The summed E-state index contributed by atoms with van der Waals surface area (Å²) in [4.78, 5) is 12.3. The standard InChI is InChI=1S/C24H21ClF3NO4S/c1-2-34(31,32)17-10-8-16(9-11-17)20(23(29)30)13-15-7-12-18(21(25)14-15)19-5-3-4-6-22(19)33-24(26,27)28/h3-12,14,20H,2,13H2,1H3,(H2,29,30). The second-order valence-corrected chi connectivity index (χ2v) is 10.2. The summed E-state index contributed by atoms with van der Waals surface area (Å²) in [6.07, 6.45) is -4.70. The molecule has 1 unspecified atom stereocenters. The molecule has 1 atom stereocenters. The highest BCUT2D eigenvalue weighted by Crippen LogP contribution is 2.38. The Kier molecular flexibility index (Phi) is 7.57. The van der Waals surface area contributed by atoms with E-state index in [4.69, 9.17) is 17.3 Å². The average molecular weight is 512 g/mol. The number of amides is 1. The van der Waals surface area contributed by atoms with Gasteiger partial charge in [0.05, 0.1) is 16.6 Å². The van der Waals surface area contributed by atoms with Crippen molar-refractivity contribution >= 4 is 27.3 Å². The lowest BCUT2D eigenvalue weighted by molar-refractivity contribution is -0.274. The predicted octanol–water partition coefficient (Wildman–Crippen LogP) is 5.51. The molecule has 3 aromatic rings. The van der Waals surface area contributed by atoms with Gasteiger partial charge in [-0.1, -0.05) is 61.0 Å². The van der Waals surface area contributed by atoms with Crippen LogP contribution in [0.3, 0.4) is 0 Å². The van der Waals surface area contributed by atoms with Gasteiger partial charge in [0.25, 0.3) is 0 Å². The molecule has 2 N–H and O–H groups in total. The van der Waals surface area contributed by atoms with Crippen LogP contribution in [0.5, 0.6) is 5.75 Å². The highest BCUT2D eigenvalue weighted by Gasteiger charge is 2.32. The average Bonchev–Trinajstić information content (AvgIpc) is 2.77. The van der Waals surface area contributed by atoms with Crippen molar-refractivity contribution in [3.05, 3.63) is 82.9 Å². The van der Waals surface area contributed by atoms with Gasteiger partial charge >= 0.3 is 6.36 Å². The summed E-state index contributed by atoms with van der Waals surface area (Å²) in [6, 6.07) is 16.3. The summed E-state index contributed by atoms with van der Waals surface area (Å²) in [5.74, 6) is -1.81. The second kappa shape index (κ2) is 10.1. The van der Waals surface area contributed by atoms with E-state index >= 15 is 0 Å². The van der Waals surface area contributed by atoms with Gasteiger partial charge < -0.3 is 10.5 Å². The molecule has 0 aliphatic rings. The Morgan fingerprint density at radius 1 is 1.03 bits per heavy atom. The Balaban J connectivity index is 1.89. The number of halogens is 4. The van der Waals surface area contributed by atoms with Gasteiger partial charge in [-0.2, -0.15) is 0 Å². The third-order valence-corrected chi connectivity index (χ3v) is 7.30. The SMILES string of the molecule is CCS(=O)(=O)c1ccc(C(Cc2ccc(-c3ccccc3OC(F)(F)F)c(Cl)c2)C(N)=O)cc1. The Bertz CT molecular complexity index is 1290. The van der Waals surface area contributed by atoms with Crippen LogP contribution in [0, 0.1) is 0 Å². The molecule has 10 heteroatoms. The molecule has 34 heavy (non-hydrogen) atoms. The number of carbonyl (C=O) groups excluding carboxylic acids is 1. The predicted molar refractivity (Wildman–Crippen MR) is 123 cm³/mol. The number of hydrogen-bond acceptors (Lipinski definition) is 4.